The summed E-state index contributed by atoms with van der Waals surface area (Å²) in [5.41, 5.74) is 5.87. The van der Waals surface area contributed by atoms with Gasteiger partial charge in [-0.15, -0.1) is 0 Å². The predicted octanol–water partition coefficient (Wildman–Crippen LogP) is 7.17. The first-order valence-corrected chi connectivity index (χ1v) is 12.4. The molecule has 1 aromatic heterocycles. The Morgan fingerprint density at radius 2 is 1.35 bits per heavy atom. The van der Waals surface area contributed by atoms with Crippen LogP contribution in [-0.4, -0.2) is 15.8 Å². The van der Waals surface area contributed by atoms with Crippen LogP contribution in [0, 0.1) is 0 Å². The molecular formula is C33H28N2O2. The van der Waals surface area contributed by atoms with E-state index in [1.807, 2.05) is 102 Å². The van der Waals surface area contributed by atoms with Crippen LogP contribution in [0.2, 0.25) is 0 Å². The summed E-state index contributed by atoms with van der Waals surface area (Å²) < 4.78 is 6.13. The van der Waals surface area contributed by atoms with Gasteiger partial charge in [0.2, 0.25) is 0 Å². The Balaban J connectivity index is 1.46. The normalized spacial score (nSPS) is 10.6. The van der Waals surface area contributed by atoms with E-state index in [0.717, 1.165) is 27.8 Å². The van der Waals surface area contributed by atoms with Crippen LogP contribution in [0.25, 0.3) is 11.1 Å². The average molecular weight is 485 g/mol. The highest BCUT2D eigenvalue weighted by molar-refractivity contribution is 5.97. The van der Waals surface area contributed by atoms with Crippen molar-refractivity contribution >= 4 is 5.91 Å². The number of ether oxygens (including phenoxy) is 1. The summed E-state index contributed by atoms with van der Waals surface area (Å²) in [6.45, 7) is 1.28. The maximum Gasteiger partial charge on any atom is 0.258 e. The van der Waals surface area contributed by atoms with Crippen molar-refractivity contribution in [1.29, 1.82) is 0 Å². The van der Waals surface area contributed by atoms with Gasteiger partial charge in [-0.3, -0.25) is 9.78 Å². The van der Waals surface area contributed by atoms with Crippen molar-refractivity contribution in [3.63, 3.8) is 0 Å². The van der Waals surface area contributed by atoms with Gasteiger partial charge in [-0.2, -0.15) is 0 Å². The highest BCUT2D eigenvalue weighted by atomic mass is 16.5. The number of nitrogens with zero attached hydrogens (tertiary/aromatic N) is 2. The highest BCUT2D eigenvalue weighted by Crippen LogP contribution is 2.27. The largest absolute Gasteiger partial charge is 0.488 e. The van der Waals surface area contributed by atoms with E-state index in [-0.39, 0.29) is 5.91 Å². The van der Waals surface area contributed by atoms with Crippen molar-refractivity contribution in [2.75, 3.05) is 0 Å². The molecule has 5 aromatic rings. The molecule has 0 fully saturated rings. The number of rotatable bonds is 9. The molecule has 1 amide bonds. The Morgan fingerprint density at radius 1 is 0.676 bits per heavy atom. The van der Waals surface area contributed by atoms with E-state index in [1.54, 1.807) is 12.4 Å². The van der Waals surface area contributed by atoms with E-state index in [0.29, 0.717) is 31.0 Å². The second-order valence-electron chi connectivity index (χ2n) is 8.82. The van der Waals surface area contributed by atoms with E-state index < -0.39 is 0 Å². The van der Waals surface area contributed by atoms with E-state index in [2.05, 4.69) is 29.2 Å². The number of hydrogen-bond donors (Lipinski definition) is 0. The summed E-state index contributed by atoms with van der Waals surface area (Å²) >= 11 is 0. The van der Waals surface area contributed by atoms with Crippen LogP contribution < -0.4 is 4.74 Å². The zero-order valence-electron chi connectivity index (χ0n) is 20.5. The number of carbonyl (C=O) groups excluding carboxylic acids is 1. The van der Waals surface area contributed by atoms with Gasteiger partial charge in [0.15, 0.2) is 0 Å². The van der Waals surface area contributed by atoms with Crippen LogP contribution in [0.3, 0.4) is 0 Å². The molecule has 0 aliphatic carbocycles. The number of aromatic nitrogens is 1. The molecule has 5 rings (SSSR count). The first kappa shape index (κ1) is 24.0. The van der Waals surface area contributed by atoms with E-state index in [9.17, 15) is 4.79 Å². The fourth-order valence-electron chi connectivity index (χ4n) is 4.35. The minimum absolute atomic E-state index is 0.0876. The lowest BCUT2D eigenvalue weighted by Crippen LogP contribution is -2.30. The first-order valence-electron chi connectivity index (χ1n) is 12.4. The summed E-state index contributed by atoms with van der Waals surface area (Å²) in [6.07, 6.45) is 3.55. The Labute approximate surface area is 217 Å². The van der Waals surface area contributed by atoms with Crippen LogP contribution in [0.1, 0.15) is 27.0 Å². The SMILES string of the molecule is O=C(c1ccccc1OCc1ccccc1)N(Cc1cccnc1)Cc1ccccc1-c1ccccc1. The third-order valence-electron chi connectivity index (χ3n) is 6.20. The first-order chi connectivity index (χ1) is 18.3. The number of benzene rings is 4. The van der Waals surface area contributed by atoms with Gasteiger partial charge in [-0.25, -0.2) is 0 Å². The standard InChI is InChI=1S/C33H28N2O2/c36-33(31-19-9-10-20-32(31)37-25-26-12-3-1-4-13-26)35(23-27-14-11-21-34-22-27)24-29-17-7-8-18-30(29)28-15-5-2-6-16-28/h1-22H,23-25H2. The van der Waals surface area contributed by atoms with Gasteiger partial charge in [0, 0.05) is 25.5 Å². The van der Waals surface area contributed by atoms with Gasteiger partial charge in [0.25, 0.3) is 5.91 Å². The van der Waals surface area contributed by atoms with Gasteiger partial charge in [-0.1, -0.05) is 103 Å². The summed E-state index contributed by atoms with van der Waals surface area (Å²) in [5, 5.41) is 0. The number of carbonyl (C=O) groups is 1. The molecule has 182 valence electrons. The number of hydrogen-bond acceptors (Lipinski definition) is 3. The lowest BCUT2D eigenvalue weighted by Gasteiger charge is -2.25. The van der Waals surface area contributed by atoms with Crippen molar-refractivity contribution in [1.82, 2.24) is 9.88 Å². The zero-order valence-corrected chi connectivity index (χ0v) is 20.5. The summed E-state index contributed by atoms with van der Waals surface area (Å²) in [4.78, 5) is 20.2. The fraction of sp³-hybridized carbons (Fsp3) is 0.0909. The Morgan fingerprint density at radius 3 is 2.14 bits per heavy atom. The quantitative estimate of drug-likeness (QED) is 0.223. The monoisotopic (exact) mass is 484 g/mol. The zero-order chi connectivity index (χ0) is 25.3. The molecule has 4 nitrogen and oxygen atoms in total. The van der Waals surface area contributed by atoms with Crippen LogP contribution in [0.4, 0.5) is 0 Å². The van der Waals surface area contributed by atoms with Gasteiger partial charge in [0.05, 0.1) is 5.56 Å². The minimum Gasteiger partial charge on any atom is -0.488 e. The molecule has 0 spiro atoms. The molecule has 0 radical (unpaired) electrons. The number of amides is 1. The molecule has 0 N–H and O–H groups in total. The van der Waals surface area contributed by atoms with Crippen molar-refractivity contribution in [2.45, 2.75) is 19.7 Å². The van der Waals surface area contributed by atoms with Crippen LogP contribution >= 0.6 is 0 Å². The van der Waals surface area contributed by atoms with Gasteiger partial charge in [-0.05, 0) is 46.0 Å². The molecule has 0 bridgehead atoms. The van der Waals surface area contributed by atoms with Crippen molar-refractivity contribution in [2.24, 2.45) is 0 Å². The Kier molecular flexibility index (Phi) is 7.67. The highest BCUT2D eigenvalue weighted by Gasteiger charge is 2.22. The maximum absolute atomic E-state index is 14.1. The van der Waals surface area contributed by atoms with Crippen LogP contribution in [0.5, 0.6) is 5.75 Å². The Hall–Kier alpha value is -4.70. The molecule has 0 saturated carbocycles. The van der Waals surface area contributed by atoms with Crippen molar-refractivity contribution < 1.29 is 9.53 Å². The average Bonchev–Trinajstić information content (AvgIpc) is 2.97. The molecule has 0 saturated heterocycles. The van der Waals surface area contributed by atoms with Gasteiger partial charge >= 0.3 is 0 Å². The lowest BCUT2D eigenvalue weighted by molar-refractivity contribution is 0.0725. The smallest absolute Gasteiger partial charge is 0.258 e. The molecule has 37 heavy (non-hydrogen) atoms. The molecule has 0 aliphatic heterocycles. The second kappa shape index (κ2) is 11.8. The topological polar surface area (TPSA) is 42.4 Å². The van der Waals surface area contributed by atoms with E-state index >= 15 is 0 Å². The molecule has 1 heterocycles. The lowest BCUT2D eigenvalue weighted by atomic mass is 9.99. The third-order valence-corrected chi connectivity index (χ3v) is 6.20. The molecule has 0 aliphatic rings. The molecule has 0 atom stereocenters. The van der Waals surface area contributed by atoms with Gasteiger partial charge in [0.1, 0.15) is 12.4 Å². The number of para-hydroxylation sites is 1. The van der Waals surface area contributed by atoms with E-state index in [4.69, 9.17) is 4.74 Å². The van der Waals surface area contributed by atoms with Gasteiger partial charge < -0.3 is 9.64 Å². The second-order valence-corrected chi connectivity index (χ2v) is 8.82. The van der Waals surface area contributed by atoms with Crippen LogP contribution in [0.15, 0.2) is 134 Å². The predicted molar refractivity (Wildman–Crippen MR) is 147 cm³/mol. The van der Waals surface area contributed by atoms with Crippen molar-refractivity contribution in [3.8, 4) is 16.9 Å². The summed E-state index contributed by atoms with van der Waals surface area (Å²) in [6, 6.07) is 39.8. The molecule has 0 unspecified atom stereocenters. The molecule has 4 heteroatoms. The number of pyridine rings is 1. The molecule has 4 aromatic carbocycles. The summed E-state index contributed by atoms with van der Waals surface area (Å²) in [5.74, 6) is 0.485. The Bertz CT molecular complexity index is 1440. The maximum atomic E-state index is 14.1. The molecular weight excluding hydrogens is 456 g/mol. The minimum atomic E-state index is -0.0876. The fourth-order valence-corrected chi connectivity index (χ4v) is 4.35. The van der Waals surface area contributed by atoms with E-state index in [1.165, 1.54) is 0 Å². The third kappa shape index (κ3) is 6.11. The van der Waals surface area contributed by atoms with Crippen molar-refractivity contribution in [3.05, 3.63) is 156 Å². The van der Waals surface area contributed by atoms with Crippen LogP contribution in [-0.2, 0) is 19.7 Å². The summed E-state index contributed by atoms with van der Waals surface area (Å²) in [7, 11) is 0.